The van der Waals surface area contributed by atoms with Gasteiger partial charge in [0.1, 0.15) is 5.58 Å². The van der Waals surface area contributed by atoms with E-state index in [4.69, 9.17) is 27.6 Å². The van der Waals surface area contributed by atoms with E-state index in [0.717, 1.165) is 5.56 Å². The molecule has 0 spiro atoms. The van der Waals surface area contributed by atoms with Gasteiger partial charge in [0.15, 0.2) is 0 Å². The molecule has 1 heterocycles. The van der Waals surface area contributed by atoms with Crippen molar-refractivity contribution in [1.29, 1.82) is 0 Å². The third-order valence-electron chi connectivity index (χ3n) is 2.89. The van der Waals surface area contributed by atoms with E-state index in [1.54, 1.807) is 30.3 Å². The van der Waals surface area contributed by atoms with E-state index in [9.17, 15) is 4.79 Å². The zero-order chi connectivity index (χ0) is 15.0. The van der Waals surface area contributed by atoms with E-state index in [1.165, 1.54) is 0 Å². The van der Waals surface area contributed by atoms with Crippen LogP contribution in [0.3, 0.4) is 0 Å². The minimum atomic E-state index is -0.351. The van der Waals surface area contributed by atoms with Crippen LogP contribution in [0.5, 0.6) is 0 Å². The first-order chi connectivity index (χ1) is 10.0. The molecule has 3 rings (SSSR count). The summed E-state index contributed by atoms with van der Waals surface area (Å²) in [6.07, 6.45) is 0. The number of hydrogen-bond donors (Lipinski definition) is 1. The van der Waals surface area contributed by atoms with Crippen molar-refractivity contribution in [1.82, 2.24) is 4.98 Å². The van der Waals surface area contributed by atoms with Gasteiger partial charge < -0.3 is 9.73 Å². The largest absolute Gasteiger partial charge is 0.425 e. The summed E-state index contributed by atoms with van der Waals surface area (Å²) >= 11 is 11.8. The maximum atomic E-state index is 12.0. The summed E-state index contributed by atoms with van der Waals surface area (Å²) in [6, 6.07) is 10.4. The minimum absolute atomic E-state index is 0.0923. The summed E-state index contributed by atoms with van der Waals surface area (Å²) in [4.78, 5) is 15.9. The Morgan fingerprint density at radius 2 is 1.81 bits per heavy atom. The van der Waals surface area contributed by atoms with Gasteiger partial charge in [-0.15, -0.1) is 0 Å². The number of hydrogen-bond acceptors (Lipinski definition) is 4. The summed E-state index contributed by atoms with van der Waals surface area (Å²) in [5.41, 5.74) is 1.68. The molecule has 2 aromatic carbocycles. The summed E-state index contributed by atoms with van der Waals surface area (Å²) < 4.78 is 5.57. The van der Waals surface area contributed by atoms with Crippen LogP contribution in [-0.2, 0) is 0 Å². The highest BCUT2D eigenvalue weighted by Crippen LogP contribution is 2.25. The lowest BCUT2D eigenvalue weighted by molar-refractivity contribution is 0.598. The summed E-state index contributed by atoms with van der Waals surface area (Å²) in [6.45, 7) is 1.90. The number of nitrogens with one attached hydrogen (secondary N) is 1. The average molecular weight is 321 g/mol. The van der Waals surface area contributed by atoms with Crippen molar-refractivity contribution in [3.8, 4) is 0 Å². The Labute approximate surface area is 130 Å². The Balaban J connectivity index is 2.05. The molecule has 4 nitrogen and oxygen atoms in total. The Hall–Kier alpha value is -2.04. The zero-order valence-electron chi connectivity index (χ0n) is 11.0. The molecule has 0 bridgehead atoms. The fraction of sp³-hybridized carbons (Fsp3) is 0.0667. The molecule has 0 aliphatic carbocycles. The Morgan fingerprint density at radius 3 is 2.52 bits per heavy atom. The topological polar surface area (TPSA) is 55.1 Å². The second-order valence-electron chi connectivity index (χ2n) is 4.61. The molecule has 1 N–H and O–H groups in total. The summed E-state index contributed by atoms with van der Waals surface area (Å²) in [5.74, 6) is 0. The van der Waals surface area contributed by atoms with Crippen LogP contribution in [0.1, 0.15) is 5.56 Å². The third-order valence-corrected chi connectivity index (χ3v) is 3.33. The van der Waals surface area contributed by atoms with Gasteiger partial charge in [-0.2, -0.15) is 4.98 Å². The van der Waals surface area contributed by atoms with Crippen molar-refractivity contribution < 1.29 is 4.42 Å². The number of rotatable bonds is 2. The number of aryl methyl sites for hydroxylation is 1. The molecule has 0 fully saturated rings. The maximum Gasteiger partial charge on any atom is 0.303 e. The standard InChI is InChI=1S/C15H10Cl2N2O2/c1-8-2-3-13-12(4-8)14(20)19-15(21-13)18-11-6-9(16)5-10(17)7-11/h2-7H,1H3,(H,18,19,20). The zero-order valence-corrected chi connectivity index (χ0v) is 12.5. The molecular weight excluding hydrogens is 311 g/mol. The molecule has 106 valence electrons. The van der Waals surface area contributed by atoms with Crippen molar-refractivity contribution >= 4 is 45.9 Å². The number of aromatic nitrogens is 1. The molecule has 0 atom stereocenters. The molecule has 3 aromatic rings. The quantitative estimate of drug-likeness (QED) is 0.752. The molecule has 0 saturated carbocycles. The molecule has 0 unspecified atom stereocenters. The van der Waals surface area contributed by atoms with Gasteiger partial charge in [0, 0.05) is 15.7 Å². The van der Waals surface area contributed by atoms with Gasteiger partial charge in [0.05, 0.1) is 5.39 Å². The SMILES string of the molecule is Cc1ccc2oc(Nc3cc(Cl)cc(Cl)c3)nc(=O)c2c1. The third kappa shape index (κ3) is 3.01. The minimum Gasteiger partial charge on any atom is -0.425 e. The van der Waals surface area contributed by atoms with Crippen molar-refractivity contribution in [2.45, 2.75) is 6.92 Å². The van der Waals surface area contributed by atoms with Gasteiger partial charge >= 0.3 is 6.01 Å². The molecule has 0 aliphatic rings. The lowest BCUT2D eigenvalue weighted by Crippen LogP contribution is -2.09. The van der Waals surface area contributed by atoms with Crippen molar-refractivity contribution in [2.24, 2.45) is 0 Å². The van der Waals surface area contributed by atoms with E-state index in [2.05, 4.69) is 10.3 Å². The predicted molar refractivity (Wildman–Crippen MR) is 84.8 cm³/mol. The van der Waals surface area contributed by atoms with Gasteiger partial charge in [-0.3, -0.25) is 4.79 Å². The van der Waals surface area contributed by atoms with Crippen LogP contribution in [0.15, 0.2) is 45.6 Å². The Kier molecular flexibility index (Phi) is 3.57. The van der Waals surface area contributed by atoms with E-state index >= 15 is 0 Å². The van der Waals surface area contributed by atoms with E-state index in [-0.39, 0.29) is 11.6 Å². The predicted octanol–water partition coefficient (Wildman–Crippen LogP) is 4.55. The van der Waals surface area contributed by atoms with Crippen molar-refractivity contribution in [2.75, 3.05) is 5.32 Å². The highest BCUT2D eigenvalue weighted by Gasteiger charge is 2.07. The monoisotopic (exact) mass is 320 g/mol. The van der Waals surface area contributed by atoms with Crippen LogP contribution in [0.4, 0.5) is 11.7 Å². The van der Waals surface area contributed by atoms with E-state index in [1.807, 2.05) is 13.0 Å². The van der Waals surface area contributed by atoms with Crippen LogP contribution >= 0.6 is 23.2 Å². The highest BCUT2D eigenvalue weighted by atomic mass is 35.5. The molecule has 0 aliphatic heterocycles. The van der Waals surface area contributed by atoms with Crippen LogP contribution in [0, 0.1) is 6.92 Å². The second-order valence-corrected chi connectivity index (χ2v) is 5.48. The maximum absolute atomic E-state index is 12.0. The molecular formula is C15H10Cl2N2O2. The molecule has 0 amide bonds. The molecule has 6 heteroatoms. The normalized spacial score (nSPS) is 10.8. The number of benzene rings is 2. The Bertz CT molecular complexity index is 870. The number of fused-ring (bicyclic) bond motifs is 1. The first kappa shape index (κ1) is 13.9. The molecule has 1 aromatic heterocycles. The summed E-state index contributed by atoms with van der Waals surface area (Å²) in [5, 5.41) is 4.29. The fourth-order valence-electron chi connectivity index (χ4n) is 1.98. The Morgan fingerprint density at radius 1 is 1.10 bits per heavy atom. The van der Waals surface area contributed by atoms with Gasteiger partial charge in [-0.1, -0.05) is 34.8 Å². The van der Waals surface area contributed by atoms with E-state index < -0.39 is 0 Å². The molecule has 0 radical (unpaired) electrons. The van der Waals surface area contributed by atoms with Gasteiger partial charge in [-0.05, 0) is 37.3 Å². The fourth-order valence-corrected chi connectivity index (χ4v) is 2.51. The van der Waals surface area contributed by atoms with Gasteiger partial charge in [0.2, 0.25) is 0 Å². The van der Waals surface area contributed by atoms with Crippen LogP contribution < -0.4 is 10.9 Å². The first-order valence-corrected chi connectivity index (χ1v) is 6.91. The number of nitrogens with zero attached hydrogens (tertiary/aromatic N) is 1. The lowest BCUT2D eigenvalue weighted by atomic mass is 10.2. The smallest absolute Gasteiger partial charge is 0.303 e. The van der Waals surface area contributed by atoms with Gasteiger partial charge in [0.25, 0.3) is 5.56 Å². The number of anilines is 2. The van der Waals surface area contributed by atoms with Crippen LogP contribution in [-0.4, -0.2) is 4.98 Å². The van der Waals surface area contributed by atoms with Crippen molar-refractivity contribution in [3.05, 3.63) is 62.4 Å². The average Bonchev–Trinajstić information content (AvgIpc) is 2.38. The van der Waals surface area contributed by atoms with E-state index in [0.29, 0.717) is 26.7 Å². The lowest BCUT2D eigenvalue weighted by Gasteiger charge is -2.06. The first-order valence-electron chi connectivity index (χ1n) is 6.16. The molecule has 21 heavy (non-hydrogen) atoms. The van der Waals surface area contributed by atoms with Crippen LogP contribution in [0.2, 0.25) is 10.0 Å². The van der Waals surface area contributed by atoms with Gasteiger partial charge in [-0.25, -0.2) is 0 Å². The summed E-state index contributed by atoms with van der Waals surface area (Å²) in [7, 11) is 0. The highest BCUT2D eigenvalue weighted by molar-refractivity contribution is 6.35. The number of halogens is 2. The van der Waals surface area contributed by atoms with Crippen molar-refractivity contribution in [3.63, 3.8) is 0 Å². The molecule has 0 saturated heterocycles. The second kappa shape index (κ2) is 5.39. The van der Waals surface area contributed by atoms with Crippen LogP contribution in [0.25, 0.3) is 11.0 Å².